The van der Waals surface area contributed by atoms with Crippen LogP contribution in [0.3, 0.4) is 0 Å². The molecular weight excluding hydrogens is 192 g/mol. The van der Waals surface area contributed by atoms with Gasteiger partial charge in [-0.2, -0.15) is 0 Å². The Kier molecular flexibility index (Phi) is 2.89. The van der Waals surface area contributed by atoms with Gasteiger partial charge in [0.05, 0.1) is 13.0 Å². The first-order valence-corrected chi connectivity index (χ1v) is 5.51. The molecule has 0 aromatic heterocycles. The lowest BCUT2D eigenvalue weighted by molar-refractivity contribution is -0.150. The Morgan fingerprint density at radius 2 is 2.27 bits per heavy atom. The second-order valence-corrected chi connectivity index (χ2v) is 4.36. The van der Waals surface area contributed by atoms with E-state index >= 15 is 0 Å². The molecule has 0 N–H and O–H groups in total. The molecular formula is C12H16O3. The number of fused-ring (bicyclic) bond motifs is 2. The molecule has 2 bridgehead atoms. The summed E-state index contributed by atoms with van der Waals surface area (Å²) in [4.78, 5) is 23.3. The van der Waals surface area contributed by atoms with Crippen LogP contribution in [0.4, 0.5) is 0 Å². The number of methoxy groups -OCH3 is 1. The van der Waals surface area contributed by atoms with Crippen LogP contribution in [0, 0.1) is 11.8 Å². The average molecular weight is 208 g/mol. The van der Waals surface area contributed by atoms with Crippen molar-refractivity contribution in [3.05, 3.63) is 11.6 Å². The minimum Gasteiger partial charge on any atom is -0.469 e. The molecule has 0 heterocycles. The lowest BCUT2D eigenvalue weighted by Crippen LogP contribution is -2.32. The number of hydrogen-bond acceptors (Lipinski definition) is 3. The largest absolute Gasteiger partial charge is 0.469 e. The second-order valence-electron chi connectivity index (χ2n) is 4.36. The molecule has 0 aliphatic heterocycles. The van der Waals surface area contributed by atoms with Gasteiger partial charge in [-0.05, 0) is 25.7 Å². The van der Waals surface area contributed by atoms with Gasteiger partial charge in [0.15, 0.2) is 0 Å². The van der Waals surface area contributed by atoms with Crippen LogP contribution < -0.4 is 0 Å². The molecule has 2 rings (SSSR count). The standard InChI is InChI=1S/C12H16O3/c1-15-12(14)9-6-5-8-3-2-4-11(13)10(9)7-8/h5,9-10H,2-4,6-7H2,1H3/t9-,10-/m0/s1. The van der Waals surface area contributed by atoms with Crippen molar-refractivity contribution in [1.82, 2.24) is 0 Å². The third-order valence-electron chi connectivity index (χ3n) is 3.47. The maximum absolute atomic E-state index is 11.8. The summed E-state index contributed by atoms with van der Waals surface area (Å²) in [7, 11) is 1.39. The summed E-state index contributed by atoms with van der Waals surface area (Å²) in [6.45, 7) is 0. The topological polar surface area (TPSA) is 43.4 Å². The zero-order valence-corrected chi connectivity index (χ0v) is 8.99. The first-order chi connectivity index (χ1) is 7.22. The van der Waals surface area contributed by atoms with Crippen LogP contribution in [0.25, 0.3) is 0 Å². The van der Waals surface area contributed by atoms with E-state index in [-0.39, 0.29) is 23.6 Å². The molecule has 0 saturated heterocycles. The Bertz CT molecular complexity index is 317. The summed E-state index contributed by atoms with van der Waals surface area (Å²) >= 11 is 0. The van der Waals surface area contributed by atoms with Crippen molar-refractivity contribution in [1.29, 1.82) is 0 Å². The number of carbonyl (C=O) groups is 2. The average Bonchev–Trinajstić information content (AvgIpc) is 2.40. The molecule has 1 fully saturated rings. The molecule has 0 aromatic rings. The van der Waals surface area contributed by atoms with Gasteiger partial charge in [0.25, 0.3) is 0 Å². The van der Waals surface area contributed by atoms with Crippen LogP contribution in [-0.4, -0.2) is 18.9 Å². The van der Waals surface area contributed by atoms with Crippen molar-refractivity contribution in [3.63, 3.8) is 0 Å². The van der Waals surface area contributed by atoms with E-state index in [1.54, 1.807) is 0 Å². The Morgan fingerprint density at radius 1 is 1.47 bits per heavy atom. The van der Waals surface area contributed by atoms with Crippen LogP contribution >= 0.6 is 0 Å². The van der Waals surface area contributed by atoms with E-state index in [9.17, 15) is 9.59 Å². The summed E-state index contributed by atoms with van der Waals surface area (Å²) in [5, 5.41) is 0. The molecule has 1 saturated carbocycles. The molecule has 0 unspecified atom stereocenters. The van der Waals surface area contributed by atoms with Gasteiger partial charge in [0, 0.05) is 12.3 Å². The number of carbonyl (C=O) groups excluding carboxylic acids is 2. The van der Waals surface area contributed by atoms with Crippen molar-refractivity contribution in [2.45, 2.75) is 32.1 Å². The van der Waals surface area contributed by atoms with Crippen LogP contribution in [0.15, 0.2) is 11.6 Å². The Balaban J connectivity index is 2.22. The molecule has 0 spiro atoms. The maximum atomic E-state index is 11.8. The molecule has 2 aliphatic rings. The van der Waals surface area contributed by atoms with E-state index in [1.165, 1.54) is 12.7 Å². The molecule has 3 nitrogen and oxygen atoms in total. The Morgan fingerprint density at radius 3 is 3.00 bits per heavy atom. The predicted octanol–water partition coefficient (Wildman–Crippen LogP) is 1.86. The van der Waals surface area contributed by atoms with Gasteiger partial charge in [-0.1, -0.05) is 11.6 Å². The molecule has 82 valence electrons. The summed E-state index contributed by atoms with van der Waals surface area (Å²) in [5.74, 6) is -0.330. The fourth-order valence-electron chi connectivity index (χ4n) is 2.60. The molecule has 0 amide bonds. The normalized spacial score (nSPS) is 30.5. The summed E-state index contributed by atoms with van der Waals surface area (Å²) in [5.41, 5.74) is 1.35. The van der Waals surface area contributed by atoms with Gasteiger partial charge < -0.3 is 4.74 Å². The van der Waals surface area contributed by atoms with E-state index in [4.69, 9.17) is 4.74 Å². The summed E-state index contributed by atoms with van der Waals surface area (Å²) in [6, 6.07) is 0. The number of allylic oxidation sites excluding steroid dienone is 2. The number of rotatable bonds is 1. The minimum absolute atomic E-state index is 0.111. The van der Waals surface area contributed by atoms with E-state index < -0.39 is 0 Å². The third kappa shape index (κ3) is 1.96. The highest BCUT2D eigenvalue weighted by atomic mass is 16.5. The molecule has 0 radical (unpaired) electrons. The maximum Gasteiger partial charge on any atom is 0.309 e. The van der Waals surface area contributed by atoms with Gasteiger partial charge in [0.2, 0.25) is 0 Å². The van der Waals surface area contributed by atoms with Crippen LogP contribution in [-0.2, 0) is 14.3 Å². The minimum atomic E-state index is -0.232. The van der Waals surface area contributed by atoms with Crippen molar-refractivity contribution in [2.75, 3.05) is 7.11 Å². The van der Waals surface area contributed by atoms with Crippen molar-refractivity contribution in [2.24, 2.45) is 11.8 Å². The Hall–Kier alpha value is -1.12. The number of ketones is 1. The fraction of sp³-hybridized carbons (Fsp3) is 0.667. The van der Waals surface area contributed by atoms with E-state index in [0.717, 1.165) is 19.3 Å². The predicted molar refractivity (Wildman–Crippen MR) is 55.2 cm³/mol. The van der Waals surface area contributed by atoms with Gasteiger partial charge >= 0.3 is 5.97 Å². The second kappa shape index (κ2) is 4.17. The molecule has 0 aromatic carbocycles. The number of hydrogen-bond donors (Lipinski definition) is 0. The van der Waals surface area contributed by atoms with Gasteiger partial charge in [-0.25, -0.2) is 0 Å². The lowest BCUT2D eigenvalue weighted by atomic mass is 9.78. The summed E-state index contributed by atoms with van der Waals surface area (Å²) in [6.07, 6.45) is 6.16. The monoisotopic (exact) mass is 208 g/mol. The summed E-state index contributed by atoms with van der Waals surface area (Å²) < 4.78 is 4.75. The highest BCUT2D eigenvalue weighted by Gasteiger charge is 2.37. The highest BCUT2D eigenvalue weighted by molar-refractivity contribution is 5.87. The molecule has 2 atom stereocenters. The first kappa shape index (κ1) is 10.4. The van der Waals surface area contributed by atoms with E-state index in [2.05, 4.69) is 6.08 Å². The van der Waals surface area contributed by atoms with E-state index in [0.29, 0.717) is 12.8 Å². The smallest absolute Gasteiger partial charge is 0.309 e. The third-order valence-corrected chi connectivity index (χ3v) is 3.47. The number of Topliss-reactive ketones (excluding diaryl/α,β-unsaturated/α-hetero) is 1. The molecule has 3 heteroatoms. The zero-order valence-electron chi connectivity index (χ0n) is 8.99. The first-order valence-electron chi connectivity index (χ1n) is 5.51. The highest BCUT2D eigenvalue weighted by Crippen LogP contribution is 2.36. The van der Waals surface area contributed by atoms with Gasteiger partial charge in [-0.3, -0.25) is 9.59 Å². The molecule has 15 heavy (non-hydrogen) atoms. The van der Waals surface area contributed by atoms with E-state index in [1.807, 2.05) is 0 Å². The van der Waals surface area contributed by atoms with Crippen molar-refractivity contribution in [3.8, 4) is 0 Å². The van der Waals surface area contributed by atoms with Crippen LogP contribution in [0.2, 0.25) is 0 Å². The fourth-order valence-corrected chi connectivity index (χ4v) is 2.60. The number of ether oxygens (including phenoxy) is 1. The van der Waals surface area contributed by atoms with Crippen molar-refractivity contribution < 1.29 is 14.3 Å². The van der Waals surface area contributed by atoms with Crippen LogP contribution in [0.1, 0.15) is 32.1 Å². The van der Waals surface area contributed by atoms with Gasteiger partial charge in [-0.15, -0.1) is 0 Å². The Labute approximate surface area is 89.5 Å². The number of esters is 1. The zero-order chi connectivity index (χ0) is 10.8. The lowest BCUT2D eigenvalue weighted by Gasteiger charge is -2.26. The quantitative estimate of drug-likeness (QED) is 0.488. The van der Waals surface area contributed by atoms with Gasteiger partial charge in [0.1, 0.15) is 5.78 Å². The van der Waals surface area contributed by atoms with Crippen LogP contribution in [0.5, 0.6) is 0 Å². The molecule has 2 aliphatic carbocycles. The van der Waals surface area contributed by atoms with Crippen molar-refractivity contribution >= 4 is 11.8 Å². The SMILES string of the molecule is COC(=O)[C@H]1CC=C2CCCC(=O)[C@H]1C2.